The summed E-state index contributed by atoms with van der Waals surface area (Å²) >= 11 is 0.735. The van der Waals surface area contributed by atoms with E-state index in [1.165, 1.54) is 7.11 Å². The van der Waals surface area contributed by atoms with E-state index in [1.54, 1.807) is 0 Å². The molecule has 28 heavy (non-hydrogen) atoms. The summed E-state index contributed by atoms with van der Waals surface area (Å²) in [7, 11) is 1.24. The van der Waals surface area contributed by atoms with Crippen LogP contribution in [0, 0.1) is 0 Å². The van der Waals surface area contributed by atoms with Crippen molar-refractivity contribution in [1.29, 1.82) is 0 Å². The van der Waals surface area contributed by atoms with Crippen LogP contribution in [0.2, 0.25) is 0 Å². The van der Waals surface area contributed by atoms with Gasteiger partial charge >= 0.3 is 5.97 Å². The maximum Gasteiger partial charge on any atom is 0.313 e. The van der Waals surface area contributed by atoms with Crippen molar-refractivity contribution in [2.75, 3.05) is 26.1 Å². The molecule has 2 saturated heterocycles. The number of hydrogen-bond donors (Lipinski definition) is 7. The molecular weight excluding hydrogens is 404 g/mol. The number of aliphatic hydroxyl groups is 6. The van der Waals surface area contributed by atoms with Crippen molar-refractivity contribution in [3.8, 4) is 0 Å². The van der Waals surface area contributed by atoms with E-state index in [-0.39, 0.29) is 0 Å². The molecule has 0 aromatic rings. The summed E-state index contributed by atoms with van der Waals surface area (Å²) in [5.74, 6) is -1.59. The van der Waals surface area contributed by atoms with Crippen molar-refractivity contribution in [3.63, 3.8) is 0 Å². The topological polar surface area (TPSA) is 196 Å². The van der Waals surface area contributed by atoms with Crippen molar-refractivity contribution in [1.82, 2.24) is 0 Å². The molecule has 0 saturated carbocycles. The second-order valence-corrected chi connectivity index (χ2v) is 7.59. The molecule has 164 valence electrons. The van der Waals surface area contributed by atoms with Gasteiger partial charge in [0.25, 0.3) is 0 Å². The summed E-state index contributed by atoms with van der Waals surface area (Å²) in [4.78, 5) is 10.8. The van der Waals surface area contributed by atoms with E-state index in [9.17, 15) is 35.4 Å². The quantitative estimate of drug-likeness (QED) is 0.197. The number of carbonyl (C=O) groups is 1. The summed E-state index contributed by atoms with van der Waals surface area (Å²) in [6.45, 7) is -1.25. The maximum atomic E-state index is 10.8. The Labute approximate surface area is 164 Å². The summed E-state index contributed by atoms with van der Waals surface area (Å²) in [6.07, 6.45) is -12.4. The average molecular weight is 430 g/mol. The van der Waals surface area contributed by atoms with Crippen LogP contribution in [0.1, 0.15) is 0 Å². The van der Waals surface area contributed by atoms with E-state index in [2.05, 4.69) is 0 Å². The predicted molar refractivity (Wildman–Crippen MR) is 91.3 cm³/mol. The number of thioether (sulfide) groups is 1. The van der Waals surface area contributed by atoms with Crippen molar-refractivity contribution in [2.24, 2.45) is 0 Å². The van der Waals surface area contributed by atoms with Gasteiger partial charge in [-0.2, -0.15) is 0 Å². The Hall–Kier alpha value is -0.580. The number of ether oxygens (including phenoxy) is 4. The van der Waals surface area contributed by atoms with Crippen LogP contribution in [-0.2, 0) is 23.7 Å². The zero-order valence-electron chi connectivity index (χ0n) is 15.0. The highest BCUT2D eigenvalue weighted by Gasteiger charge is 2.50. The predicted octanol–water partition coefficient (Wildman–Crippen LogP) is -3.92. The highest BCUT2D eigenvalue weighted by molar-refractivity contribution is 8.00. The van der Waals surface area contributed by atoms with Crippen molar-refractivity contribution in [2.45, 2.75) is 60.6 Å². The van der Waals surface area contributed by atoms with E-state index >= 15 is 0 Å². The van der Waals surface area contributed by atoms with Gasteiger partial charge in [-0.05, 0) is 0 Å². The number of carboxylic acids is 1. The minimum absolute atomic E-state index is 0.424. The smallest absolute Gasteiger partial charge is 0.313 e. The van der Waals surface area contributed by atoms with Gasteiger partial charge in [0.15, 0.2) is 12.6 Å². The van der Waals surface area contributed by atoms with E-state index < -0.39 is 85.5 Å². The first kappa shape index (κ1) is 23.7. The molecule has 0 bridgehead atoms. The highest BCUT2D eigenvalue weighted by atomic mass is 32.2. The van der Waals surface area contributed by atoms with Gasteiger partial charge in [0.1, 0.15) is 36.6 Å². The molecule has 2 aliphatic heterocycles. The first-order chi connectivity index (χ1) is 13.2. The lowest BCUT2D eigenvalue weighted by Crippen LogP contribution is -2.64. The largest absolute Gasteiger partial charge is 0.481 e. The Morgan fingerprint density at radius 1 is 0.929 bits per heavy atom. The fraction of sp³-hybridized carbons (Fsp3) is 0.933. The molecule has 13 heteroatoms. The van der Waals surface area contributed by atoms with Gasteiger partial charge in [-0.25, -0.2) is 0 Å². The molecular formula is C15H26O12S. The summed E-state index contributed by atoms with van der Waals surface area (Å²) in [6, 6.07) is 0. The number of rotatable bonds is 8. The van der Waals surface area contributed by atoms with E-state index in [4.69, 9.17) is 24.1 Å². The minimum Gasteiger partial charge on any atom is -0.481 e. The molecule has 12 nitrogen and oxygen atoms in total. The van der Waals surface area contributed by atoms with Gasteiger partial charge in [-0.1, -0.05) is 0 Å². The third kappa shape index (κ3) is 5.12. The first-order valence-corrected chi connectivity index (χ1v) is 9.56. The number of hydrogen-bond acceptors (Lipinski definition) is 12. The molecule has 0 spiro atoms. The number of methoxy groups -OCH3 is 1. The van der Waals surface area contributed by atoms with Crippen LogP contribution in [0.15, 0.2) is 0 Å². The lowest BCUT2D eigenvalue weighted by Gasteiger charge is -2.46. The molecule has 2 aliphatic rings. The molecule has 0 unspecified atom stereocenters. The molecule has 7 N–H and O–H groups in total. The Bertz CT molecular complexity index is 507. The molecule has 10 atom stereocenters. The third-order valence-electron chi connectivity index (χ3n) is 4.57. The molecule has 0 aliphatic carbocycles. The van der Waals surface area contributed by atoms with Gasteiger partial charge in [-0.3, -0.25) is 4.79 Å². The Morgan fingerprint density at radius 2 is 1.54 bits per heavy atom. The Balaban J connectivity index is 2.16. The van der Waals surface area contributed by atoms with Crippen LogP contribution in [-0.4, -0.2) is 128 Å². The number of aliphatic hydroxyl groups excluding tert-OH is 6. The molecule has 0 aromatic heterocycles. The molecule has 0 amide bonds. The minimum atomic E-state index is -1.57. The lowest BCUT2D eigenvalue weighted by molar-refractivity contribution is -0.345. The second kappa shape index (κ2) is 10.4. The number of carboxylic acid groups (broad SMARTS) is 1. The fourth-order valence-corrected chi connectivity index (χ4v) is 4.13. The monoisotopic (exact) mass is 430 g/mol. The molecule has 2 fully saturated rings. The van der Waals surface area contributed by atoms with Crippen LogP contribution in [0.3, 0.4) is 0 Å². The SMILES string of the molecule is CO[C@@H]1O[C@H](CO)[C@@H](O[C@@H]2O[C@H](CO)[C@H](O)[C@H](SCC(=O)O)[C@H]2O)[C@H](O)[C@H]1O. The first-order valence-electron chi connectivity index (χ1n) is 8.51. The fourth-order valence-electron chi connectivity index (χ4n) is 3.10. The van der Waals surface area contributed by atoms with E-state index in [0.717, 1.165) is 11.8 Å². The third-order valence-corrected chi connectivity index (χ3v) is 5.92. The average Bonchev–Trinajstić information content (AvgIpc) is 2.67. The summed E-state index contributed by atoms with van der Waals surface area (Å²) < 4.78 is 21.1. The Morgan fingerprint density at radius 3 is 2.07 bits per heavy atom. The van der Waals surface area contributed by atoms with Crippen LogP contribution < -0.4 is 0 Å². The van der Waals surface area contributed by atoms with Crippen LogP contribution in [0.5, 0.6) is 0 Å². The van der Waals surface area contributed by atoms with E-state index in [0.29, 0.717) is 0 Å². The molecule has 0 radical (unpaired) electrons. The van der Waals surface area contributed by atoms with Crippen molar-refractivity contribution >= 4 is 17.7 Å². The molecule has 2 heterocycles. The summed E-state index contributed by atoms with van der Waals surface area (Å²) in [5.41, 5.74) is 0. The highest BCUT2D eigenvalue weighted by Crippen LogP contribution is 2.33. The Kier molecular flexibility index (Phi) is 8.84. The van der Waals surface area contributed by atoms with Crippen LogP contribution in [0.4, 0.5) is 0 Å². The number of aliphatic carboxylic acids is 1. The maximum absolute atomic E-state index is 10.8. The van der Waals surface area contributed by atoms with Gasteiger partial charge in [0, 0.05) is 7.11 Å². The van der Waals surface area contributed by atoms with Crippen molar-refractivity contribution in [3.05, 3.63) is 0 Å². The van der Waals surface area contributed by atoms with E-state index in [1.807, 2.05) is 0 Å². The van der Waals surface area contributed by atoms with Gasteiger partial charge in [0.2, 0.25) is 0 Å². The lowest BCUT2D eigenvalue weighted by atomic mass is 9.98. The standard InChI is InChI=1S/C15H26O12S/c1-24-14-10(22)9(21)12(6(3-17)26-14)27-15-11(23)13(28-4-7(18)19)8(20)5(2-16)25-15/h5-6,8-17,20-23H,2-4H2,1H3,(H,18,19)/t5-,6-,8+,9-,10-,11-,12-,13+,14-,15+/m1/s1. The second-order valence-electron chi connectivity index (χ2n) is 6.42. The van der Waals surface area contributed by atoms with Gasteiger partial charge in [0.05, 0.1) is 30.3 Å². The normalized spacial score (nSPS) is 44.4. The molecule has 2 rings (SSSR count). The van der Waals surface area contributed by atoms with Gasteiger partial charge in [-0.15, -0.1) is 11.8 Å². The van der Waals surface area contributed by atoms with Gasteiger partial charge < -0.3 is 54.7 Å². The zero-order chi connectivity index (χ0) is 21.0. The molecule has 0 aromatic carbocycles. The van der Waals surface area contributed by atoms with Crippen LogP contribution >= 0.6 is 11.8 Å². The summed E-state index contributed by atoms with van der Waals surface area (Å²) in [5, 5.41) is 67.7. The van der Waals surface area contributed by atoms with Crippen molar-refractivity contribution < 1.29 is 59.5 Å². The van der Waals surface area contributed by atoms with Crippen LogP contribution in [0.25, 0.3) is 0 Å². The zero-order valence-corrected chi connectivity index (χ0v) is 15.8.